The maximum absolute atomic E-state index is 5.88. The Labute approximate surface area is 107 Å². The molecule has 1 aromatic rings. The van der Waals surface area contributed by atoms with Crippen LogP contribution in [0.4, 0.5) is 5.69 Å². The predicted molar refractivity (Wildman–Crippen MR) is 73.8 cm³/mol. The molecule has 1 aromatic carbocycles. The molecule has 0 aliphatic carbocycles. The second-order valence-electron chi connectivity index (χ2n) is 3.40. The summed E-state index contributed by atoms with van der Waals surface area (Å²) in [6, 6.07) is 7.81. The molecule has 16 heavy (non-hydrogen) atoms. The first-order chi connectivity index (χ1) is 7.83. The molecule has 0 amide bonds. The van der Waals surface area contributed by atoms with E-state index < -0.39 is 0 Å². The van der Waals surface area contributed by atoms with Crippen LogP contribution in [0.5, 0.6) is 0 Å². The van der Waals surface area contributed by atoms with Gasteiger partial charge < -0.3 is 10.1 Å². The molecule has 0 atom stereocenters. The Morgan fingerprint density at radius 1 is 1.38 bits per heavy atom. The lowest BCUT2D eigenvalue weighted by molar-refractivity contribution is 0.200. The molecular weight excluding hydrogens is 242 g/mol. The van der Waals surface area contributed by atoms with Gasteiger partial charge in [0.05, 0.1) is 0 Å². The third-order valence-corrected chi connectivity index (χ3v) is 3.34. The molecule has 0 saturated heterocycles. The van der Waals surface area contributed by atoms with Crippen LogP contribution in [0.2, 0.25) is 5.02 Å². The largest absolute Gasteiger partial charge is 0.385 e. The molecule has 0 unspecified atom stereocenters. The van der Waals surface area contributed by atoms with Gasteiger partial charge in [0.2, 0.25) is 0 Å². The summed E-state index contributed by atoms with van der Waals surface area (Å²) in [5, 5.41) is 4.12. The minimum atomic E-state index is 0.776. The molecule has 0 bridgehead atoms. The molecule has 0 radical (unpaired) electrons. The Kier molecular flexibility index (Phi) is 7.47. The summed E-state index contributed by atoms with van der Waals surface area (Å²) in [7, 11) is 1.74. The molecular formula is C12H18ClNOS. The molecule has 0 aromatic heterocycles. The van der Waals surface area contributed by atoms with E-state index >= 15 is 0 Å². The Bertz CT molecular complexity index is 296. The van der Waals surface area contributed by atoms with E-state index in [1.165, 1.54) is 0 Å². The van der Waals surface area contributed by atoms with Crippen LogP contribution < -0.4 is 5.32 Å². The van der Waals surface area contributed by atoms with Crippen LogP contribution >= 0.6 is 23.4 Å². The van der Waals surface area contributed by atoms with Crippen molar-refractivity contribution >= 4 is 29.1 Å². The molecule has 0 aliphatic heterocycles. The average molecular weight is 260 g/mol. The maximum Gasteiger partial charge on any atom is 0.0470 e. The van der Waals surface area contributed by atoms with Gasteiger partial charge in [0.25, 0.3) is 0 Å². The highest BCUT2D eigenvalue weighted by Crippen LogP contribution is 2.14. The molecule has 0 spiro atoms. The van der Waals surface area contributed by atoms with Gasteiger partial charge in [0.1, 0.15) is 0 Å². The van der Waals surface area contributed by atoms with E-state index in [9.17, 15) is 0 Å². The van der Waals surface area contributed by atoms with E-state index in [-0.39, 0.29) is 0 Å². The highest BCUT2D eigenvalue weighted by molar-refractivity contribution is 7.99. The Balaban J connectivity index is 2.03. The first kappa shape index (κ1) is 13.7. The zero-order chi connectivity index (χ0) is 11.6. The Morgan fingerprint density at radius 3 is 3.00 bits per heavy atom. The van der Waals surface area contributed by atoms with Gasteiger partial charge in [-0.25, -0.2) is 0 Å². The van der Waals surface area contributed by atoms with Gasteiger partial charge in [0, 0.05) is 36.7 Å². The highest BCUT2D eigenvalue weighted by atomic mass is 35.5. The summed E-state index contributed by atoms with van der Waals surface area (Å²) >= 11 is 7.82. The maximum atomic E-state index is 5.88. The van der Waals surface area contributed by atoms with Crippen LogP contribution in [0.1, 0.15) is 6.42 Å². The molecule has 0 heterocycles. The average Bonchev–Trinajstić information content (AvgIpc) is 2.28. The van der Waals surface area contributed by atoms with E-state index in [2.05, 4.69) is 5.32 Å². The summed E-state index contributed by atoms with van der Waals surface area (Å²) in [6.45, 7) is 1.83. The lowest BCUT2D eigenvalue weighted by atomic mass is 10.3. The summed E-state index contributed by atoms with van der Waals surface area (Å²) < 4.78 is 4.99. The van der Waals surface area contributed by atoms with Gasteiger partial charge in [0.15, 0.2) is 0 Å². The smallest absolute Gasteiger partial charge is 0.0470 e. The van der Waals surface area contributed by atoms with Gasteiger partial charge in [-0.15, -0.1) is 0 Å². The lowest BCUT2D eigenvalue weighted by Crippen LogP contribution is -2.04. The Morgan fingerprint density at radius 2 is 2.25 bits per heavy atom. The van der Waals surface area contributed by atoms with Crippen molar-refractivity contribution in [1.29, 1.82) is 0 Å². The number of nitrogens with one attached hydrogen (secondary N) is 1. The van der Waals surface area contributed by atoms with Crippen molar-refractivity contribution in [1.82, 2.24) is 0 Å². The lowest BCUT2D eigenvalue weighted by Gasteiger charge is -2.06. The van der Waals surface area contributed by atoms with Gasteiger partial charge in [-0.05, 0) is 30.4 Å². The van der Waals surface area contributed by atoms with Crippen LogP contribution in [-0.4, -0.2) is 31.8 Å². The van der Waals surface area contributed by atoms with E-state index in [1.807, 2.05) is 36.0 Å². The molecule has 1 N–H and O–H groups in total. The highest BCUT2D eigenvalue weighted by Gasteiger charge is 1.93. The number of methoxy groups -OCH3 is 1. The number of halogens is 1. The van der Waals surface area contributed by atoms with Crippen molar-refractivity contribution in [3.63, 3.8) is 0 Å². The minimum absolute atomic E-state index is 0.776. The SMILES string of the molecule is COCCCSCCNc1cccc(Cl)c1. The quantitative estimate of drug-likeness (QED) is 0.722. The third-order valence-electron chi connectivity index (χ3n) is 2.04. The van der Waals surface area contributed by atoms with E-state index in [0.717, 1.165) is 41.8 Å². The normalized spacial score (nSPS) is 10.4. The van der Waals surface area contributed by atoms with Crippen molar-refractivity contribution in [2.45, 2.75) is 6.42 Å². The number of benzene rings is 1. The number of hydrogen-bond donors (Lipinski definition) is 1. The number of anilines is 1. The standard InChI is InChI=1S/C12H18ClNOS/c1-15-7-3-8-16-9-6-14-12-5-2-4-11(13)10-12/h2,4-5,10,14H,3,6-9H2,1H3. The molecule has 0 aliphatic rings. The second kappa shape index (κ2) is 8.74. The molecule has 1 rings (SSSR count). The van der Waals surface area contributed by atoms with Gasteiger partial charge in [-0.1, -0.05) is 17.7 Å². The molecule has 90 valence electrons. The zero-order valence-corrected chi connectivity index (χ0v) is 11.1. The summed E-state index contributed by atoms with van der Waals surface area (Å²) in [4.78, 5) is 0. The number of hydrogen-bond acceptors (Lipinski definition) is 3. The van der Waals surface area contributed by atoms with E-state index in [1.54, 1.807) is 7.11 Å². The van der Waals surface area contributed by atoms with E-state index in [4.69, 9.17) is 16.3 Å². The van der Waals surface area contributed by atoms with Crippen molar-refractivity contribution in [3.05, 3.63) is 29.3 Å². The summed E-state index contributed by atoms with van der Waals surface area (Å²) in [6.07, 6.45) is 1.12. The number of thioether (sulfide) groups is 1. The molecule has 4 heteroatoms. The predicted octanol–water partition coefficient (Wildman–Crippen LogP) is 3.52. The van der Waals surface area contributed by atoms with E-state index in [0.29, 0.717) is 0 Å². The van der Waals surface area contributed by atoms with Crippen LogP contribution in [0.25, 0.3) is 0 Å². The number of rotatable bonds is 8. The summed E-state index contributed by atoms with van der Waals surface area (Å²) in [5.41, 5.74) is 1.09. The second-order valence-corrected chi connectivity index (χ2v) is 5.06. The van der Waals surface area contributed by atoms with Crippen LogP contribution in [0, 0.1) is 0 Å². The number of ether oxygens (including phenoxy) is 1. The van der Waals surface area contributed by atoms with Crippen LogP contribution in [-0.2, 0) is 4.74 Å². The zero-order valence-electron chi connectivity index (χ0n) is 9.54. The van der Waals surface area contributed by atoms with Crippen molar-refractivity contribution in [2.24, 2.45) is 0 Å². The molecule has 2 nitrogen and oxygen atoms in total. The van der Waals surface area contributed by atoms with Crippen molar-refractivity contribution < 1.29 is 4.74 Å². The van der Waals surface area contributed by atoms with Crippen molar-refractivity contribution in [2.75, 3.05) is 37.1 Å². The molecule has 0 fully saturated rings. The first-order valence-corrected chi connectivity index (χ1v) is 6.92. The first-order valence-electron chi connectivity index (χ1n) is 5.39. The van der Waals surface area contributed by atoms with Gasteiger partial charge >= 0.3 is 0 Å². The van der Waals surface area contributed by atoms with Crippen LogP contribution in [0.15, 0.2) is 24.3 Å². The molecule has 0 saturated carbocycles. The monoisotopic (exact) mass is 259 g/mol. The van der Waals surface area contributed by atoms with Gasteiger partial charge in [-0.3, -0.25) is 0 Å². The summed E-state index contributed by atoms with van der Waals surface area (Å²) in [5.74, 6) is 2.27. The third kappa shape index (κ3) is 6.26. The van der Waals surface area contributed by atoms with Gasteiger partial charge in [-0.2, -0.15) is 11.8 Å². The fourth-order valence-corrected chi connectivity index (χ4v) is 2.24. The topological polar surface area (TPSA) is 21.3 Å². The van der Waals surface area contributed by atoms with Crippen molar-refractivity contribution in [3.8, 4) is 0 Å². The van der Waals surface area contributed by atoms with Crippen LogP contribution in [0.3, 0.4) is 0 Å². The fraction of sp³-hybridized carbons (Fsp3) is 0.500. The minimum Gasteiger partial charge on any atom is -0.385 e. The Hall–Kier alpha value is -0.380. The fourth-order valence-electron chi connectivity index (χ4n) is 1.27.